The SMILES string of the molecule is O=[N+]([O-])c1ccc(C=Nn2c(-c3ccc(F)cc3)csc2=NC2CCCCC2)o1. The molecule has 2 aromatic heterocycles. The van der Waals surface area contributed by atoms with Gasteiger partial charge in [-0.2, -0.15) is 5.10 Å². The molecule has 0 amide bonds. The lowest BCUT2D eigenvalue weighted by molar-refractivity contribution is -0.402. The van der Waals surface area contributed by atoms with Crippen LogP contribution in [0.4, 0.5) is 10.3 Å². The molecule has 0 spiro atoms. The number of rotatable bonds is 5. The highest BCUT2D eigenvalue weighted by molar-refractivity contribution is 7.07. The van der Waals surface area contributed by atoms with Gasteiger partial charge in [-0.3, -0.25) is 15.1 Å². The summed E-state index contributed by atoms with van der Waals surface area (Å²) < 4.78 is 20.2. The van der Waals surface area contributed by atoms with Gasteiger partial charge >= 0.3 is 5.88 Å². The van der Waals surface area contributed by atoms with Crippen molar-refractivity contribution < 1.29 is 13.7 Å². The van der Waals surface area contributed by atoms with Gasteiger partial charge in [0.15, 0.2) is 5.76 Å². The van der Waals surface area contributed by atoms with Crippen LogP contribution < -0.4 is 4.80 Å². The molecule has 29 heavy (non-hydrogen) atoms. The molecular formula is C20H19FN4O3S. The third-order valence-electron chi connectivity index (χ3n) is 4.79. The van der Waals surface area contributed by atoms with E-state index in [1.807, 2.05) is 5.38 Å². The molecule has 0 unspecified atom stereocenters. The zero-order chi connectivity index (χ0) is 20.2. The monoisotopic (exact) mass is 414 g/mol. The fourth-order valence-corrected chi connectivity index (χ4v) is 4.22. The Morgan fingerprint density at radius 3 is 2.62 bits per heavy atom. The third kappa shape index (κ3) is 4.51. The highest BCUT2D eigenvalue weighted by Crippen LogP contribution is 2.23. The second kappa shape index (κ2) is 8.52. The number of nitro groups is 1. The minimum Gasteiger partial charge on any atom is -0.400 e. The Labute approximate surface area is 170 Å². The van der Waals surface area contributed by atoms with Crippen molar-refractivity contribution in [1.82, 2.24) is 4.68 Å². The van der Waals surface area contributed by atoms with E-state index in [2.05, 4.69) is 5.10 Å². The molecule has 2 heterocycles. The van der Waals surface area contributed by atoms with Crippen LogP contribution in [0.5, 0.6) is 0 Å². The number of hydrogen-bond donors (Lipinski definition) is 0. The molecule has 150 valence electrons. The van der Waals surface area contributed by atoms with E-state index in [-0.39, 0.29) is 23.5 Å². The van der Waals surface area contributed by atoms with Gasteiger partial charge in [-0.25, -0.2) is 9.07 Å². The lowest BCUT2D eigenvalue weighted by atomic mass is 9.96. The molecule has 0 aliphatic heterocycles. The van der Waals surface area contributed by atoms with E-state index in [0.717, 1.165) is 28.9 Å². The summed E-state index contributed by atoms with van der Waals surface area (Å²) in [5.74, 6) is -0.384. The first-order valence-corrected chi connectivity index (χ1v) is 10.3. The van der Waals surface area contributed by atoms with E-state index >= 15 is 0 Å². The van der Waals surface area contributed by atoms with Crippen LogP contribution in [0.2, 0.25) is 0 Å². The molecule has 1 aliphatic carbocycles. The highest BCUT2D eigenvalue weighted by Gasteiger charge is 2.15. The largest absolute Gasteiger partial charge is 0.433 e. The van der Waals surface area contributed by atoms with Crippen molar-refractivity contribution in [3.8, 4) is 11.3 Å². The second-order valence-corrected chi connectivity index (χ2v) is 7.66. The Morgan fingerprint density at radius 2 is 1.93 bits per heavy atom. The van der Waals surface area contributed by atoms with Crippen LogP contribution in [0.3, 0.4) is 0 Å². The van der Waals surface area contributed by atoms with Crippen LogP contribution in [-0.2, 0) is 0 Å². The fraction of sp³-hybridized carbons (Fsp3) is 0.300. The predicted octanol–water partition coefficient (Wildman–Crippen LogP) is 4.97. The quantitative estimate of drug-likeness (QED) is 0.335. The number of nitrogens with zero attached hydrogens (tertiary/aromatic N) is 4. The molecule has 0 atom stereocenters. The molecule has 9 heteroatoms. The normalized spacial score (nSPS) is 16.0. The number of benzene rings is 1. The van der Waals surface area contributed by atoms with E-state index in [1.54, 1.807) is 16.8 Å². The molecule has 1 aliphatic rings. The molecule has 3 aromatic rings. The molecule has 4 rings (SSSR count). The minimum atomic E-state index is -0.594. The van der Waals surface area contributed by atoms with Crippen LogP contribution in [0, 0.1) is 15.9 Å². The van der Waals surface area contributed by atoms with Crippen molar-refractivity contribution >= 4 is 23.4 Å². The van der Waals surface area contributed by atoms with Gasteiger partial charge in [0.25, 0.3) is 0 Å². The van der Waals surface area contributed by atoms with E-state index in [0.29, 0.717) is 0 Å². The van der Waals surface area contributed by atoms with Crippen molar-refractivity contribution in [2.45, 2.75) is 38.1 Å². The number of furan rings is 1. The number of aromatic nitrogens is 1. The lowest BCUT2D eigenvalue weighted by Gasteiger charge is -2.16. The third-order valence-corrected chi connectivity index (χ3v) is 5.62. The predicted molar refractivity (Wildman–Crippen MR) is 108 cm³/mol. The summed E-state index contributed by atoms with van der Waals surface area (Å²) in [6, 6.07) is 9.20. The summed E-state index contributed by atoms with van der Waals surface area (Å²) >= 11 is 1.46. The van der Waals surface area contributed by atoms with Crippen molar-refractivity contribution in [1.29, 1.82) is 0 Å². The van der Waals surface area contributed by atoms with Crippen LogP contribution in [0.25, 0.3) is 11.3 Å². The number of hydrogen-bond acceptors (Lipinski definition) is 6. The van der Waals surface area contributed by atoms with Gasteiger partial charge in [-0.1, -0.05) is 19.3 Å². The maximum Gasteiger partial charge on any atom is 0.433 e. The molecule has 0 bridgehead atoms. The summed E-state index contributed by atoms with van der Waals surface area (Å²) in [5.41, 5.74) is 1.57. The van der Waals surface area contributed by atoms with Gasteiger partial charge in [0.05, 0.1) is 24.0 Å². The lowest BCUT2D eigenvalue weighted by Crippen LogP contribution is -2.18. The van der Waals surface area contributed by atoms with Gasteiger partial charge in [0, 0.05) is 10.9 Å². The van der Waals surface area contributed by atoms with Gasteiger partial charge in [-0.05, 0) is 43.2 Å². The molecule has 0 radical (unpaired) electrons. The second-order valence-electron chi connectivity index (χ2n) is 6.82. The van der Waals surface area contributed by atoms with Gasteiger partial charge < -0.3 is 4.42 Å². The molecule has 7 nitrogen and oxygen atoms in total. The minimum absolute atomic E-state index is 0.259. The molecular weight excluding hydrogens is 395 g/mol. The van der Waals surface area contributed by atoms with E-state index in [1.165, 1.54) is 61.1 Å². The van der Waals surface area contributed by atoms with Gasteiger partial charge in [0.1, 0.15) is 10.7 Å². The Hall–Kier alpha value is -3.07. The average Bonchev–Trinajstić information content (AvgIpc) is 3.35. The maximum atomic E-state index is 13.3. The zero-order valence-electron chi connectivity index (χ0n) is 15.5. The summed E-state index contributed by atoms with van der Waals surface area (Å²) in [6.07, 6.45) is 7.11. The topological polar surface area (TPSA) is 85.9 Å². The number of halogens is 1. The van der Waals surface area contributed by atoms with E-state index in [9.17, 15) is 14.5 Å². The Kier molecular flexibility index (Phi) is 5.66. The summed E-state index contributed by atoms with van der Waals surface area (Å²) in [5, 5.41) is 17.2. The molecule has 1 fully saturated rings. The van der Waals surface area contributed by atoms with Crippen molar-refractivity contribution in [2.24, 2.45) is 10.1 Å². The first-order valence-electron chi connectivity index (χ1n) is 9.39. The standard InChI is InChI=1S/C20H19FN4O3S/c21-15-8-6-14(7-9-15)18-13-29-20(23-16-4-2-1-3-5-16)24(18)22-12-17-10-11-19(28-17)25(26)27/h6-13,16H,1-5H2. The number of thiazole rings is 1. The Bertz CT molecular complexity index is 1090. The molecule has 0 saturated heterocycles. The van der Waals surface area contributed by atoms with Gasteiger partial charge in [0.2, 0.25) is 4.80 Å². The van der Waals surface area contributed by atoms with Crippen LogP contribution in [-0.4, -0.2) is 21.9 Å². The first-order chi connectivity index (χ1) is 14.1. The van der Waals surface area contributed by atoms with E-state index < -0.39 is 4.92 Å². The highest BCUT2D eigenvalue weighted by atomic mass is 32.1. The van der Waals surface area contributed by atoms with Crippen LogP contribution in [0.15, 0.2) is 56.3 Å². The first kappa shape index (κ1) is 19.3. The van der Waals surface area contributed by atoms with Gasteiger partial charge in [-0.15, -0.1) is 11.3 Å². The fourth-order valence-electron chi connectivity index (χ4n) is 3.31. The smallest absolute Gasteiger partial charge is 0.400 e. The van der Waals surface area contributed by atoms with Crippen molar-refractivity contribution in [3.63, 3.8) is 0 Å². The molecule has 0 N–H and O–H groups in total. The Balaban J connectivity index is 1.74. The average molecular weight is 414 g/mol. The summed E-state index contributed by atoms with van der Waals surface area (Å²) in [6.45, 7) is 0. The van der Waals surface area contributed by atoms with Crippen LogP contribution in [0.1, 0.15) is 37.9 Å². The van der Waals surface area contributed by atoms with Crippen molar-refractivity contribution in [2.75, 3.05) is 0 Å². The molecule has 1 aromatic carbocycles. The van der Waals surface area contributed by atoms with E-state index in [4.69, 9.17) is 9.41 Å². The summed E-state index contributed by atoms with van der Waals surface area (Å²) in [7, 11) is 0. The van der Waals surface area contributed by atoms with Crippen LogP contribution >= 0.6 is 11.3 Å². The zero-order valence-corrected chi connectivity index (χ0v) is 16.3. The summed E-state index contributed by atoms with van der Waals surface area (Å²) in [4.78, 5) is 15.8. The molecule has 1 saturated carbocycles. The maximum absolute atomic E-state index is 13.3. The van der Waals surface area contributed by atoms with Crippen molar-refractivity contribution in [3.05, 3.63) is 68.3 Å². The Morgan fingerprint density at radius 1 is 1.17 bits per heavy atom.